The average Bonchev–Trinajstić information content (AvgIpc) is 3.00. The van der Waals surface area contributed by atoms with Gasteiger partial charge in [0.25, 0.3) is 5.91 Å². The van der Waals surface area contributed by atoms with E-state index in [1.807, 2.05) is 31.2 Å². The van der Waals surface area contributed by atoms with Crippen LogP contribution in [-0.2, 0) is 0 Å². The Morgan fingerprint density at radius 1 is 1.36 bits per heavy atom. The molecule has 0 saturated carbocycles. The first-order valence-corrected chi connectivity index (χ1v) is 7.70. The number of nitrogens with zero attached hydrogens (tertiary/aromatic N) is 1. The highest BCUT2D eigenvalue weighted by molar-refractivity contribution is 5.97. The minimum atomic E-state index is -0.176. The largest absolute Gasteiger partial charge is 0.443 e. The van der Waals surface area contributed by atoms with Crippen molar-refractivity contribution in [2.75, 3.05) is 6.54 Å². The molecule has 1 fully saturated rings. The topological polar surface area (TPSA) is 67.2 Å². The molecule has 2 heterocycles. The second kappa shape index (κ2) is 6.32. The number of aromatic nitrogens is 1. The van der Waals surface area contributed by atoms with E-state index < -0.39 is 0 Å². The first-order chi connectivity index (χ1) is 10.6. The number of carbonyl (C=O) groups is 1. The van der Waals surface area contributed by atoms with Gasteiger partial charge in [0.1, 0.15) is 0 Å². The highest BCUT2D eigenvalue weighted by atomic mass is 16.3. The predicted molar refractivity (Wildman–Crippen MR) is 84.6 cm³/mol. The zero-order valence-corrected chi connectivity index (χ0v) is 12.9. The SMILES string of the molecule is Cc1ccc(-c2ocnc2C(=O)NC2CCCNC2C)cc1. The van der Waals surface area contributed by atoms with E-state index in [-0.39, 0.29) is 18.0 Å². The summed E-state index contributed by atoms with van der Waals surface area (Å²) in [5, 5.41) is 6.45. The average molecular weight is 299 g/mol. The molecule has 116 valence electrons. The zero-order chi connectivity index (χ0) is 15.5. The Labute approximate surface area is 130 Å². The normalized spacial score (nSPS) is 21.5. The summed E-state index contributed by atoms with van der Waals surface area (Å²) in [7, 11) is 0. The van der Waals surface area contributed by atoms with Crippen LogP contribution >= 0.6 is 0 Å². The summed E-state index contributed by atoms with van der Waals surface area (Å²) in [5.41, 5.74) is 2.38. The number of oxazole rings is 1. The van der Waals surface area contributed by atoms with E-state index in [9.17, 15) is 4.79 Å². The van der Waals surface area contributed by atoms with E-state index in [1.165, 1.54) is 6.39 Å². The van der Waals surface area contributed by atoms with Gasteiger partial charge in [0, 0.05) is 17.6 Å². The van der Waals surface area contributed by atoms with Crippen LogP contribution < -0.4 is 10.6 Å². The fraction of sp³-hybridized carbons (Fsp3) is 0.412. The van der Waals surface area contributed by atoms with Crippen LogP contribution in [0.2, 0.25) is 0 Å². The van der Waals surface area contributed by atoms with Gasteiger partial charge in [0.2, 0.25) is 0 Å². The van der Waals surface area contributed by atoms with Gasteiger partial charge in [0.15, 0.2) is 17.8 Å². The summed E-state index contributed by atoms with van der Waals surface area (Å²) in [4.78, 5) is 16.6. The molecule has 0 aliphatic carbocycles. The molecule has 0 spiro atoms. The van der Waals surface area contributed by atoms with Crippen LogP contribution in [0.1, 0.15) is 35.8 Å². The molecule has 5 heteroatoms. The van der Waals surface area contributed by atoms with Gasteiger partial charge in [-0.3, -0.25) is 4.79 Å². The molecule has 1 aromatic heterocycles. The van der Waals surface area contributed by atoms with E-state index >= 15 is 0 Å². The number of aryl methyl sites for hydroxylation is 1. The molecule has 1 aliphatic heterocycles. The minimum Gasteiger partial charge on any atom is -0.443 e. The lowest BCUT2D eigenvalue weighted by molar-refractivity contribution is 0.0915. The van der Waals surface area contributed by atoms with Crippen molar-refractivity contribution in [2.45, 2.75) is 38.8 Å². The van der Waals surface area contributed by atoms with Crippen molar-refractivity contribution in [3.05, 3.63) is 41.9 Å². The molecule has 1 aromatic carbocycles. The third-order valence-electron chi connectivity index (χ3n) is 4.17. The van der Waals surface area contributed by atoms with Gasteiger partial charge in [-0.1, -0.05) is 29.8 Å². The van der Waals surface area contributed by atoms with Crippen molar-refractivity contribution in [3.63, 3.8) is 0 Å². The maximum Gasteiger partial charge on any atom is 0.274 e. The maximum absolute atomic E-state index is 12.5. The Bertz CT molecular complexity index is 648. The van der Waals surface area contributed by atoms with Crippen LogP contribution in [0.5, 0.6) is 0 Å². The van der Waals surface area contributed by atoms with Crippen LogP contribution in [-0.4, -0.2) is 29.5 Å². The minimum absolute atomic E-state index is 0.129. The molecule has 5 nitrogen and oxygen atoms in total. The zero-order valence-electron chi connectivity index (χ0n) is 12.9. The number of nitrogens with one attached hydrogen (secondary N) is 2. The van der Waals surface area contributed by atoms with Gasteiger partial charge in [0.05, 0.1) is 0 Å². The fourth-order valence-corrected chi connectivity index (χ4v) is 2.80. The van der Waals surface area contributed by atoms with Gasteiger partial charge in [-0.2, -0.15) is 0 Å². The third kappa shape index (κ3) is 3.04. The first kappa shape index (κ1) is 14.8. The number of hydrogen-bond acceptors (Lipinski definition) is 4. The molecular weight excluding hydrogens is 278 g/mol. The smallest absolute Gasteiger partial charge is 0.274 e. The van der Waals surface area contributed by atoms with Crippen LogP contribution in [0.4, 0.5) is 0 Å². The third-order valence-corrected chi connectivity index (χ3v) is 4.17. The van der Waals surface area contributed by atoms with E-state index in [0.717, 1.165) is 30.5 Å². The lowest BCUT2D eigenvalue weighted by atomic mass is 9.99. The van der Waals surface area contributed by atoms with E-state index in [4.69, 9.17) is 4.42 Å². The molecule has 1 aliphatic rings. The Kier molecular flexibility index (Phi) is 4.24. The number of rotatable bonds is 3. The summed E-state index contributed by atoms with van der Waals surface area (Å²) in [6, 6.07) is 8.27. The predicted octanol–water partition coefficient (Wildman–Crippen LogP) is 2.52. The Hall–Kier alpha value is -2.14. The second-order valence-corrected chi connectivity index (χ2v) is 5.86. The van der Waals surface area contributed by atoms with E-state index in [1.54, 1.807) is 0 Å². The quantitative estimate of drug-likeness (QED) is 0.914. The Balaban J connectivity index is 1.79. The molecule has 2 atom stereocenters. The molecule has 1 saturated heterocycles. The van der Waals surface area contributed by atoms with Crippen molar-refractivity contribution in [3.8, 4) is 11.3 Å². The van der Waals surface area contributed by atoms with Gasteiger partial charge < -0.3 is 15.1 Å². The van der Waals surface area contributed by atoms with Crippen molar-refractivity contribution in [1.82, 2.24) is 15.6 Å². The van der Waals surface area contributed by atoms with Gasteiger partial charge in [-0.05, 0) is 33.2 Å². The fourth-order valence-electron chi connectivity index (χ4n) is 2.80. The molecular formula is C17H21N3O2. The molecule has 22 heavy (non-hydrogen) atoms. The number of carbonyl (C=O) groups excluding carboxylic acids is 1. The summed E-state index contributed by atoms with van der Waals surface area (Å²) < 4.78 is 5.44. The summed E-state index contributed by atoms with van der Waals surface area (Å²) in [6.07, 6.45) is 3.38. The van der Waals surface area contributed by atoms with Gasteiger partial charge in [-0.25, -0.2) is 4.98 Å². The maximum atomic E-state index is 12.5. The highest BCUT2D eigenvalue weighted by Crippen LogP contribution is 2.23. The van der Waals surface area contributed by atoms with Crippen molar-refractivity contribution in [2.24, 2.45) is 0 Å². The summed E-state index contributed by atoms with van der Waals surface area (Å²) in [5.74, 6) is 0.346. The number of piperidine rings is 1. The van der Waals surface area contributed by atoms with Crippen LogP contribution in [0.25, 0.3) is 11.3 Å². The summed E-state index contributed by atoms with van der Waals surface area (Å²) >= 11 is 0. The van der Waals surface area contributed by atoms with Crippen molar-refractivity contribution >= 4 is 5.91 Å². The number of hydrogen-bond donors (Lipinski definition) is 2. The molecule has 1 amide bonds. The van der Waals surface area contributed by atoms with Gasteiger partial charge in [-0.15, -0.1) is 0 Å². The van der Waals surface area contributed by atoms with Crippen molar-refractivity contribution < 1.29 is 9.21 Å². The Morgan fingerprint density at radius 3 is 2.86 bits per heavy atom. The van der Waals surface area contributed by atoms with E-state index in [0.29, 0.717) is 11.5 Å². The standard InChI is InChI=1S/C17H21N3O2/c1-11-5-7-13(8-6-11)16-15(19-10-22-16)17(21)20-14-4-3-9-18-12(14)2/h5-8,10,12,14,18H,3-4,9H2,1-2H3,(H,20,21). The van der Waals surface area contributed by atoms with E-state index in [2.05, 4.69) is 22.5 Å². The highest BCUT2D eigenvalue weighted by Gasteiger charge is 2.25. The number of amides is 1. The first-order valence-electron chi connectivity index (χ1n) is 7.70. The van der Waals surface area contributed by atoms with Crippen LogP contribution in [0, 0.1) is 6.92 Å². The van der Waals surface area contributed by atoms with Crippen molar-refractivity contribution in [1.29, 1.82) is 0 Å². The number of benzene rings is 1. The lowest BCUT2D eigenvalue weighted by Crippen LogP contribution is -2.52. The molecule has 2 aromatic rings. The molecule has 3 rings (SSSR count). The monoisotopic (exact) mass is 299 g/mol. The molecule has 0 bridgehead atoms. The van der Waals surface area contributed by atoms with Crippen LogP contribution in [0.3, 0.4) is 0 Å². The lowest BCUT2D eigenvalue weighted by Gasteiger charge is -2.30. The van der Waals surface area contributed by atoms with Crippen LogP contribution in [0.15, 0.2) is 35.1 Å². The molecule has 2 unspecified atom stereocenters. The summed E-state index contributed by atoms with van der Waals surface area (Å²) in [6.45, 7) is 5.12. The molecule has 2 N–H and O–H groups in total. The Morgan fingerprint density at radius 2 is 2.14 bits per heavy atom. The molecule has 0 radical (unpaired) electrons. The second-order valence-electron chi connectivity index (χ2n) is 5.86. The van der Waals surface area contributed by atoms with Gasteiger partial charge >= 0.3 is 0 Å².